The van der Waals surface area contributed by atoms with Gasteiger partial charge in [0.1, 0.15) is 17.7 Å². The van der Waals surface area contributed by atoms with Crippen LogP contribution in [0.15, 0.2) is 18.7 Å². The van der Waals surface area contributed by atoms with Gasteiger partial charge < -0.3 is 10.4 Å². The number of carboxylic acids is 1. The Labute approximate surface area is 101 Å². The van der Waals surface area contributed by atoms with E-state index in [1.165, 1.54) is 0 Å². The molecular formula is C12H17N3O2. The van der Waals surface area contributed by atoms with Gasteiger partial charge in [-0.25, -0.2) is 14.8 Å². The van der Waals surface area contributed by atoms with Crippen LogP contribution in [0.4, 0.5) is 5.82 Å². The molecule has 5 nitrogen and oxygen atoms in total. The molecule has 0 saturated carbocycles. The van der Waals surface area contributed by atoms with E-state index in [1.807, 2.05) is 6.92 Å². The van der Waals surface area contributed by atoms with Gasteiger partial charge in [0.05, 0.1) is 0 Å². The summed E-state index contributed by atoms with van der Waals surface area (Å²) in [4.78, 5) is 19.4. The van der Waals surface area contributed by atoms with Gasteiger partial charge in [-0.2, -0.15) is 0 Å². The molecule has 0 aliphatic rings. The number of hydrogen-bond acceptors (Lipinski definition) is 4. The Bertz CT molecular complexity index is 418. The molecule has 17 heavy (non-hydrogen) atoms. The minimum absolute atomic E-state index is 0.347. The van der Waals surface area contributed by atoms with E-state index in [4.69, 9.17) is 5.11 Å². The fraction of sp³-hybridized carbons (Fsp3) is 0.417. The molecule has 0 spiro atoms. The lowest BCUT2D eigenvalue weighted by molar-refractivity contribution is -0.137. The van der Waals surface area contributed by atoms with E-state index in [0.717, 1.165) is 12.1 Å². The summed E-state index contributed by atoms with van der Waals surface area (Å²) in [5.74, 6) is 0.261. The predicted molar refractivity (Wildman–Crippen MR) is 66.0 cm³/mol. The van der Waals surface area contributed by atoms with Crippen LogP contribution in [0.1, 0.15) is 24.9 Å². The predicted octanol–water partition coefficient (Wildman–Crippen LogP) is 1.79. The molecule has 0 aliphatic carbocycles. The number of carbonyl (C=O) groups is 1. The molecule has 0 fully saturated rings. The van der Waals surface area contributed by atoms with Crippen molar-refractivity contribution >= 4 is 11.8 Å². The zero-order chi connectivity index (χ0) is 12.8. The molecule has 0 bridgehead atoms. The van der Waals surface area contributed by atoms with E-state index in [-0.39, 0.29) is 0 Å². The van der Waals surface area contributed by atoms with Gasteiger partial charge >= 0.3 is 5.97 Å². The maximum absolute atomic E-state index is 11.0. The van der Waals surface area contributed by atoms with Gasteiger partial charge in [0.2, 0.25) is 0 Å². The Morgan fingerprint density at radius 3 is 2.88 bits per heavy atom. The van der Waals surface area contributed by atoms with Crippen LogP contribution in [0.3, 0.4) is 0 Å². The van der Waals surface area contributed by atoms with Crippen LogP contribution in [-0.2, 0) is 11.2 Å². The Kier molecular flexibility index (Phi) is 4.63. The van der Waals surface area contributed by atoms with Crippen molar-refractivity contribution in [3.63, 3.8) is 0 Å². The first-order valence-corrected chi connectivity index (χ1v) is 5.51. The van der Waals surface area contributed by atoms with Crippen molar-refractivity contribution in [2.45, 2.75) is 32.7 Å². The van der Waals surface area contributed by atoms with Gasteiger partial charge in [0.15, 0.2) is 0 Å². The maximum Gasteiger partial charge on any atom is 0.326 e. The average Bonchev–Trinajstić information content (AvgIpc) is 2.27. The van der Waals surface area contributed by atoms with Crippen LogP contribution in [0, 0.1) is 6.92 Å². The van der Waals surface area contributed by atoms with Gasteiger partial charge in [0.25, 0.3) is 0 Å². The molecule has 92 valence electrons. The van der Waals surface area contributed by atoms with Gasteiger partial charge in [-0.1, -0.05) is 13.0 Å². The van der Waals surface area contributed by atoms with Crippen LogP contribution in [-0.4, -0.2) is 27.1 Å². The first kappa shape index (κ1) is 13.2. The number of rotatable bonds is 6. The third-order valence-electron chi connectivity index (χ3n) is 2.28. The molecule has 1 rings (SSSR count). The second-order valence-corrected chi connectivity index (χ2v) is 3.70. The molecule has 1 atom stereocenters. The fourth-order valence-electron chi connectivity index (χ4n) is 1.45. The summed E-state index contributed by atoms with van der Waals surface area (Å²) < 4.78 is 0. The van der Waals surface area contributed by atoms with Crippen molar-refractivity contribution < 1.29 is 9.90 Å². The Morgan fingerprint density at radius 1 is 1.65 bits per heavy atom. The molecule has 0 saturated heterocycles. The number of hydrogen-bond donors (Lipinski definition) is 2. The van der Waals surface area contributed by atoms with Crippen molar-refractivity contribution in [2.24, 2.45) is 0 Å². The summed E-state index contributed by atoms with van der Waals surface area (Å²) >= 11 is 0. The van der Waals surface area contributed by atoms with Crippen molar-refractivity contribution in [2.75, 3.05) is 5.32 Å². The van der Waals surface area contributed by atoms with Crippen molar-refractivity contribution in [3.05, 3.63) is 30.2 Å². The first-order valence-electron chi connectivity index (χ1n) is 5.51. The van der Waals surface area contributed by atoms with Crippen LogP contribution in [0.2, 0.25) is 0 Å². The average molecular weight is 235 g/mol. The second kappa shape index (κ2) is 5.98. The highest BCUT2D eigenvalue weighted by Crippen LogP contribution is 2.10. The van der Waals surface area contributed by atoms with Gasteiger partial charge in [-0.3, -0.25) is 0 Å². The summed E-state index contributed by atoms with van der Waals surface area (Å²) in [6.07, 6.45) is 2.71. The molecule has 0 radical (unpaired) electrons. The quantitative estimate of drug-likeness (QED) is 0.735. The Morgan fingerprint density at radius 2 is 2.35 bits per heavy atom. The molecule has 0 aromatic carbocycles. The molecule has 1 aromatic heterocycles. The Balaban J connectivity index is 2.88. The van der Waals surface area contributed by atoms with Gasteiger partial charge in [-0.15, -0.1) is 6.58 Å². The summed E-state index contributed by atoms with van der Waals surface area (Å²) in [6.45, 7) is 7.32. The lowest BCUT2D eigenvalue weighted by Gasteiger charge is -2.14. The number of nitrogens with one attached hydrogen (secondary N) is 1. The van der Waals surface area contributed by atoms with Crippen molar-refractivity contribution in [1.82, 2.24) is 9.97 Å². The van der Waals surface area contributed by atoms with Gasteiger partial charge in [0, 0.05) is 11.8 Å². The zero-order valence-electron chi connectivity index (χ0n) is 10.1. The largest absolute Gasteiger partial charge is 0.480 e. The van der Waals surface area contributed by atoms with Crippen LogP contribution >= 0.6 is 0 Å². The molecule has 1 unspecified atom stereocenters. The van der Waals surface area contributed by atoms with E-state index in [2.05, 4.69) is 21.9 Å². The highest BCUT2D eigenvalue weighted by molar-refractivity contribution is 5.77. The summed E-state index contributed by atoms with van der Waals surface area (Å²) in [7, 11) is 0. The van der Waals surface area contributed by atoms with Crippen LogP contribution in [0.25, 0.3) is 0 Å². The molecular weight excluding hydrogens is 218 g/mol. The standard InChI is InChI=1S/C12H17N3O2/c1-4-6-10(12(16)17)15-11-7-9(5-2)13-8(3)14-11/h4,7,10H,1,5-6H2,2-3H3,(H,16,17)(H,13,14,15). The van der Waals surface area contributed by atoms with E-state index >= 15 is 0 Å². The van der Waals surface area contributed by atoms with E-state index < -0.39 is 12.0 Å². The molecule has 5 heteroatoms. The number of aryl methyl sites for hydroxylation is 2. The lowest BCUT2D eigenvalue weighted by atomic mass is 10.2. The minimum atomic E-state index is -0.917. The number of carboxylic acid groups (broad SMARTS) is 1. The highest BCUT2D eigenvalue weighted by Gasteiger charge is 2.16. The van der Waals surface area contributed by atoms with E-state index in [1.54, 1.807) is 19.1 Å². The summed E-state index contributed by atoms with van der Waals surface area (Å²) in [5.41, 5.74) is 0.891. The smallest absolute Gasteiger partial charge is 0.326 e. The molecule has 2 N–H and O–H groups in total. The third kappa shape index (κ3) is 3.86. The molecule has 0 amide bonds. The van der Waals surface area contributed by atoms with E-state index in [0.29, 0.717) is 18.1 Å². The monoisotopic (exact) mass is 235 g/mol. The number of nitrogens with zero attached hydrogens (tertiary/aromatic N) is 2. The molecule has 0 aliphatic heterocycles. The SMILES string of the molecule is C=CCC(Nc1cc(CC)nc(C)n1)C(=O)O. The Hall–Kier alpha value is -1.91. The zero-order valence-corrected chi connectivity index (χ0v) is 10.1. The topological polar surface area (TPSA) is 75.1 Å². The maximum atomic E-state index is 11.0. The number of aromatic nitrogens is 2. The fourth-order valence-corrected chi connectivity index (χ4v) is 1.45. The number of anilines is 1. The third-order valence-corrected chi connectivity index (χ3v) is 2.28. The van der Waals surface area contributed by atoms with Crippen LogP contribution < -0.4 is 5.32 Å². The van der Waals surface area contributed by atoms with Crippen molar-refractivity contribution in [1.29, 1.82) is 0 Å². The summed E-state index contributed by atoms with van der Waals surface area (Å²) in [6, 6.07) is 1.07. The lowest BCUT2D eigenvalue weighted by Crippen LogP contribution is -2.29. The first-order chi connectivity index (χ1) is 8.06. The summed E-state index contributed by atoms with van der Waals surface area (Å²) in [5, 5.41) is 11.9. The highest BCUT2D eigenvalue weighted by atomic mass is 16.4. The van der Waals surface area contributed by atoms with Crippen LogP contribution in [0.5, 0.6) is 0 Å². The van der Waals surface area contributed by atoms with Gasteiger partial charge in [-0.05, 0) is 19.8 Å². The van der Waals surface area contributed by atoms with Crippen molar-refractivity contribution in [3.8, 4) is 0 Å². The number of aliphatic carboxylic acids is 1. The molecule has 1 aromatic rings. The minimum Gasteiger partial charge on any atom is -0.480 e. The van der Waals surface area contributed by atoms with E-state index in [9.17, 15) is 4.79 Å². The second-order valence-electron chi connectivity index (χ2n) is 3.70. The normalized spacial score (nSPS) is 11.9. The molecule has 1 heterocycles.